The van der Waals surface area contributed by atoms with Crippen molar-refractivity contribution in [1.82, 2.24) is 15.2 Å². The summed E-state index contributed by atoms with van der Waals surface area (Å²) in [6.07, 6.45) is 2.41. The molecular weight excluding hydrogens is 370 g/mol. The van der Waals surface area contributed by atoms with E-state index in [9.17, 15) is 4.79 Å². The molecule has 5 nitrogen and oxygen atoms in total. The van der Waals surface area contributed by atoms with Crippen LogP contribution in [-0.4, -0.2) is 42.5 Å². The van der Waals surface area contributed by atoms with E-state index in [1.165, 1.54) is 29.7 Å². The lowest BCUT2D eigenvalue weighted by Gasteiger charge is -2.28. The van der Waals surface area contributed by atoms with E-state index in [1.54, 1.807) is 7.11 Å². The van der Waals surface area contributed by atoms with E-state index in [-0.39, 0.29) is 17.4 Å². The number of nitrogens with one attached hydrogen (secondary N) is 1. The SMILES string of the molecule is COc1cccc(C(CNC(=O)c2sc(C(C)(C)C)nc2C)N2CCCC2)c1. The van der Waals surface area contributed by atoms with E-state index >= 15 is 0 Å². The van der Waals surface area contributed by atoms with Crippen molar-refractivity contribution < 1.29 is 9.53 Å². The number of hydrogen-bond donors (Lipinski definition) is 1. The molecule has 1 aliphatic heterocycles. The first kappa shape index (κ1) is 20.8. The molecule has 1 aliphatic rings. The number of aromatic nitrogens is 1. The van der Waals surface area contributed by atoms with Gasteiger partial charge in [-0.05, 0) is 50.6 Å². The van der Waals surface area contributed by atoms with Crippen molar-refractivity contribution in [3.63, 3.8) is 0 Å². The van der Waals surface area contributed by atoms with E-state index in [0.717, 1.165) is 34.4 Å². The van der Waals surface area contributed by atoms with Gasteiger partial charge in [0.2, 0.25) is 0 Å². The highest BCUT2D eigenvalue weighted by Gasteiger charge is 2.26. The van der Waals surface area contributed by atoms with Gasteiger partial charge < -0.3 is 10.1 Å². The number of nitrogens with zero attached hydrogens (tertiary/aromatic N) is 2. The molecule has 0 aliphatic carbocycles. The predicted molar refractivity (Wildman–Crippen MR) is 114 cm³/mol. The van der Waals surface area contributed by atoms with Gasteiger partial charge in [-0.15, -0.1) is 11.3 Å². The third-order valence-corrected chi connectivity index (χ3v) is 6.74. The molecule has 1 N–H and O–H groups in total. The molecule has 0 radical (unpaired) electrons. The summed E-state index contributed by atoms with van der Waals surface area (Å²) in [6.45, 7) is 11.0. The molecule has 1 aromatic heterocycles. The Morgan fingerprint density at radius 2 is 2.04 bits per heavy atom. The van der Waals surface area contributed by atoms with Gasteiger partial charge in [0.1, 0.15) is 10.6 Å². The summed E-state index contributed by atoms with van der Waals surface area (Å²) in [5, 5.41) is 4.17. The molecule has 2 heterocycles. The van der Waals surface area contributed by atoms with E-state index in [4.69, 9.17) is 4.74 Å². The molecule has 1 fully saturated rings. The first-order valence-corrected chi connectivity index (χ1v) is 10.8. The van der Waals surface area contributed by atoms with Crippen LogP contribution in [0.2, 0.25) is 0 Å². The number of benzene rings is 1. The van der Waals surface area contributed by atoms with Crippen molar-refractivity contribution in [1.29, 1.82) is 0 Å². The molecule has 1 aromatic carbocycles. The van der Waals surface area contributed by atoms with Gasteiger partial charge in [0, 0.05) is 12.0 Å². The average Bonchev–Trinajstić information content (AvgIpc) is 3.31. The average molecular weight is 402 g/mol. The molecule has 0 bridgehead atoms. The molecule has 0 saturated carbocycles. The lowest BCUT2D eigenvalue weighted by atomic mass is 9.98. The second kappa shape index (κ2) is 8.62. The first-order chi connectivity index (χ1) is 13.3. The van der Waals surface area contributed by atoms with E-state index in [0.29, 0.717) is 6.54 Å². The zero-order chi connectivity index (χ0) is 20.3. The predicted octanol–water partition coefficient (Wildman–Crippen LogP) is 4.32. The van der Waals surface area contributed by atoms with Gasteiger partial charge in [0.25, 0.3) is 5.91 Å². The van der Waals surface area contributed by atoms with E-state index in [2.05, 4.69) is 48.1 Å². The standard InChI is InChI=1S/C22H31N3O2S/c1-15-19(28-21(24-15)22(2,3)4)20(26)23-14-18(25-11-6-7-12-25)16-9-8-10-17(13-16)27-5/h8-10,13,18H,6-7,11-12,14H2,1-5H3,(H,23,26). The summed E-state index contributed by atoms with van der Waals surface area (Å²) in [7, 11) is 1.69. The Labute approximate surface area is 172 Å². The molecule has 152 valence electrons. The number of ether oxygens (including phenoxy) is 1. The summed E-state index contributed by atoms with van der Waals surface area (Å²) >= 11 is 1.50. The molecule has 1 atom stereocenters. The molecule has 2 aromatic rings. The zero-order valence-electron chi connectivity index (χ0n) is 17.5. The summed E-state index contributed by atoms with van der Waals surface area (Å²) in [6, 6.07) is 8.31. The Morgan fingerprint density at radius 3 is 2.64 bits per heavy atom. The summed E-state index contributed by atoms with van der Waals surface area (Å²) in [4.78, 5) is 20.7. The third-order valence-electron chi connectivity index (χ3n) is 5.16. The van der Waals surface area contributed by atoms with Crippen LogP contribution in [0.25, 0.3) is 0 Å². The maximum Gasteiger partial charge on any atom is 0.263 e. The summed E-state index contributed by atoms with van der Waals surface area (Å²) < 4.78 is 5.40. The Balaban J connectivity index is 1.76. The number of rotatable bonds is 6. The molecule has 1 unspecified atom stereocenters. The van der Waals surface area contributed by atoms with Crippen molar-refractivity contribution in [3.05, 3.63) is 45.4 Å². The smallest absolute Gasteiger partial charge is 0.263 e. The van der Waals surface area contributed by atoms with Crippen LogP contribution in [0.1, 0.15) is 65.6 Å². The maximum atomic E-state index is 12.9. The molecule has 28 heavy (non-hydrogen) atoms. The minimum Gasteiger partial charge on any atom is -0.497 e. The lowest BCUT2D eigenvalue weighted by molar-refractivity contribution is 0.0941. The van der Waals surface area contributed by atoms with E-state index in [1.807, 2.05) is 19.1 Å². The first-order valence-electron chi connectivity index (χ1n) is 9.93. The van der Waals surface area contributed by atoms with Crippen LogP contribution in [0.15, 0.2) is 24.3 Å². The maximum absolute atomic E-state index is 12.9. The minimum atomic E-state index is -0.0490. The summed E-state index contributed by atoms with van der Waals surface area (Å²) in [5.74, 6) is 0.818. The Kier molecular flexibility index (Phi) is 6.40. The number of carbonyl (C=O) groups excluding carboxylic acids is 1. The second-order valence-corrected chi connectivity index (χ2v) is 9.43. The molecule has 6 heteroatoms. The van der Waals surface area contributed by atoms with E-state index < -0.39 is 0 Å². The highest BCUT2D eigenvalue weighted by Crippen LogP contribution is 2.30. The lowest BCUT2D eigenvalue weighted by Crippen LogP contribution is -2.36. The molecule has 1 amide bonds. The van der Waals surface area contributed by atoms with Gasteiger partial charge in [-0.1, -0.05) is 32.9 Å². The number of likely N-dealkylation sites (tertiary alicyclic amines) is 1. The monoisotopic (exact) mass is 401 g/mol. The molecule has 3 rings (SSSR count). The van der Waals surface area contributed by atoms with Gasteiger partial charge in [-0.2, -0.15) is 0 Å². The Hall–Kier alpha value is -1.92. The highest BCUT2D eigenvalue weighted by molar-refractivity contribution is 7.14. The van der Waals surface area contributed by atoms with Crippen molar-refractivity contribution >= 4 is 17.2 Å². The van der Waals surface area contributed by atoms with Crippen molar-refractivity contribution in [3.8, 4) is 5.75 Å². The number of hydrogen-bond acceptors (Lipinski definition) is 5. The highest BCUT2D eigenvalue weighted by atomic mass is 32.1. The number of thiazole rings is 1. The van der Waals surface area contributed by atoms with Crippen molar-refractivity contribution in [2.24, 2.45) is 0 Å². The Bertz CT molecular complexity index is 819. The number of amides is 1. The van der Waals surface area contributed by atoms with Gasteiger partial charge >= 0.3 is 0 Å². The zero-order valence-corrected chi connectivity index (χ0v) is 18.4. The van der Waals surface area contributed by atoms with Gasteiger partial charge in [0.05, 0.1) is 23.9 Å². The van der Waals surface area contributed by atoms with Crippen LogP contribution in [0.3, 0.4) is 0 Å². The van der Waals surface area contributed by atoms with Gasteiger partial charge in [0.15, 0.2) is 0 Å². The summed E-state index contributed by atoms with van der Waals surface area (Å²) in [5.41, 5.74) is 1.94. The molecule has 1 saturated heterocycles. The van der Waals surface area contributed by atoms with Crippen LogP contribution in [0, 0.1) is 6.92 Å². The topological polar surface area (TPSA) is 54.5 Å². The Morgan fingerprint density at radius 1 is 1.32 bits per heavy atom. The largest absolute Gasteiger partial charge is 0.497 e. The van der Waals surface area contributed by atoms with Gasteiger partial charge in [-0.25, -0.2) is 4.98 Å². The van der Waals surface area contributed by atoms with Gasteiger partial charge in [-0.3, -0.25) is 9.69 Å². The molecular formula is C22H31N3O2S. The normalized spacial score (nSPS) is 16.2. The molecule has 0 spiro atoms. The number of aryl methyl sites for hydroxylation is 1. The minimum absolute atomic E-state index is 0.0300. The fourth-order valence-electron chi connectivity index (χ4n) is 3.56. The van der Waals surface area contributed by atoms with Crippen LogP contribution in [-0.2, 0) is 5.41 Å². The van der Waals surface area contributed by atoms with Crippen LogP contribution < -0.4 is 10.1 Å². The van der Waals surface area contributed by atoms with Crippen LogP contribution >= 0.6 is 11.3 Å². The van der Waals surface area contributed by atoms with Crippen molar-refractivity contribution in [2.45, 2.75) is 52.0 Å². The fourth-order valence-corrected chi connectivity index (χ4v) is 4.60. The third kappa shape index (κ3) is 4.73. The quantitative estimate of drug-likeness (QED) is 0.783. The van der Waals surface area contributed by atoms with Crippen LogP contribution in [0.5, 0.6) is 5.75 Å². The van der Waals surface area contributed by atoms with Crippen LogP contribution in [0.4, 0.5) is 0 Å². The number of carbonyl (C=O) groups is 1. The number of methoxy groups -OCH3 is 1. The fraction of sp³-hybridized carbons (Fsp3) is 0.545. The van der Waals surface area contributed by atoms with Crippen molar-refractivity contribution in [2.75, 3.05) is 26.7 Å². The second-order valence-electron chi connectivity index (χ2n) is 8.43.